The smallest absolute Gasteiger partial charge is 0.237 e. The van der Waals surface area contributed by atoms with E-state index < -0.39 is 0 Å². The van der Waals surface area contributed by atoms with Crippen LogP contribution < -0.4 is 0 Å². The van der Waals surface area contributed by atoms with Crippen LogP contribution in [0.2, 0.25) is 0 Å². The SMILES string of the molecule is CC(O)CN1CCN(CC(=O)N2CCc3sccc3C2)C(C)C1. The number of amides is 1. The first-order valence-electron chi connectivity index (χ1n) is 8.50. The lowest BCUT2D eigenvalue weighted by Crippen LogP contribution is -2.55. The molecule has 1 saturated heterocycles. The molecule has 3 heterocycles. The summed E-state index contributed by atoms with van der Waals surface area (Å²) in [6.07, 6.45) is 0.708. The summed E-state index contributed by atoms with van der Waals surface area (Å²) < 4.78 is 0. The fraction of sp³-hybridized carbons (Fsp3) is 0.706. The lowest BCUT2D eigenvalue weighted by Gasteiger charge is -2.40. The summed E-state index contributed by atoms with van der Waals surface area (Å²) in [7, 11) is 0. The molecule has 0 aromatic carbocycles. The van der Waals surface area contributed by atoms with Crippen molar-refractivity contribution in [2.45, 2.75) is 39.0 Å². The van der Waals surface area contributed by atoms with Crippen LogP contribution in [0.4, 0.5) is 0 Å². The lowest BCUT2D eigenvalue weighted by molar-refractivity contribution is -0.134. The standard InChI is InChI=1S/C17H27N3O2S/c1-13-9-18(10-14(2)21)6-7-19(13)12-17(22)20-5-3-16-15(11-20)4-8-23-16/h4,8,13-14,21H,3,5-7,9-12H2,1-2H3. The third kappa shape index (κ3) is 4.12. The highest BCUT2D eigenvalue weighted by atomic mass is 32.1. The van der Waals surface area contributed by atoms with Crippen LogP contribution >= 0.6 is 11.3 Å². The zero-order chi connectivity index (χ0) is 16.4. The molecule has 1 amide bonds. The molecule has 2 atom stereocenters. The molecule has 6 heteroatoms. The highest BCUT2D eigenvalue weighted by molar-refractivity contribution is 7.10. The topological polar surface area (TPSA) is 47.0 Å². The molecule has 3 rings (SSSR count). The molecule has 2 aliphatic heterocycles. The van der Waals surface area contributed by atoms with Gasteiger partial charge < -0.3 is 10.0 Å². The zero-order valence-corrected chi connectivity index (χ0v) is 14.9. The Balaban J connectivity index is 1.51. The predicted octanol–water partition coefficient (Wildman–Crippen LogP) is 1.02. The number of hydrogen-bond acceptors (Lipinski definition) is 5. The number of rotatable bonds is 4. The first kappa shape index (κ1) is 16.9. The molecule has 2 unspecified atom stereocenters. The third-order valence-electron chi connectivity index (χ3n) is 4.87. The maximum Gasteiger partial charge on any atom is 0.237 e. The third-order valence-corrected chi connectivity index (χ3v) is 5.89. The number of carbonyl (C=O) groups is 1. The summed E-state index contributed by atoms with van der Waals surface area (Å²) in [6.45, 7) is 9.62. The van der Waals surface area contributed by atoms with E-state index in [1.54, 1.807) is 11.3 Å². The monoisotopic (exact) mass is 337 g/mol. The molecule has 1 N–H and O–H groups in total. The van der Waals surface area contributed by atoms with E-state index in [4.69, 9.17) is 0 Å². The van der Waals surface area contributed by atoms with Crippen molar-refractivity contribution in [2.24, 2.45) is 0 Å². The summed E-state index contributed by atoms with van der Waals surface area (Å²) in [5.41, 5.74) is 1.32. The van der Waals surface area contributed by atoms with Crippen LogP contribution in [0.25, 0.3) is 0 Å². The van der Waals surface area contributed by atoms with E-state index in [-0.39, 0.29) is 12.0 Å². The van der Waals surface area contributed by atoms with Crippen molar-refractivity contribution in [2.75, 3.05) is 39.3 Å². The molecule has 0 saturated carbocycles. The summed E-state index contributed by atoms with van der Waals surface area (Å²) in [4.78, 5) is 20.6. The fourth-order valence-electron chi connectivity index (χ4n) is 3.58. The zero-order valence-electron chi connectivity index (χ0n) is 14.1. The van der Waals surface area contributed by atoms with Crippen LogP contribution in [-0.4, -0.2) is 77.1 Å². The number of aliphatic hydroxyl groups excluding tert-OH is 1. The van der Waals surface area contributed by atoms with E-state index in [1.807, 2.05) is 11.8 Å². The van der Waals surface area contributed by atoms with E-state index in [9.17, 15) is 9.90 Å². The van der Waals surface area contributed by atoms with Gasteiger partial charge in [0, 0.05) is 50.2 Å². The average Bonchev–Trinajstić information content (AvgIpc) is 2.96. The minimum Gasteiger partial charge on any atom is -0.392 e. The number of fused-ring (bicyclic) bond motifs is 1. The van der Waals surface area contributed by atoms with Gasteiger partial charge in [-0.1, -0.05) is 0 Å². The second-order valence-corrected chi connectivity index (χ2v) is 7.86. The van der Waals surface area contributed by atoms with Gasteiger partial charge in [0.1, 0.15) is 0 Å². The largest absolute Gasteiger partial charge is 0.392 e. The fourth-order valence-corrected chi connectivity index (χ4v) is 4.47. The van der Waals surface area contributed by atoms with Crippen molar-refractivity contribution >= 4 is 17.2 Å². The van der Waals surface area contributed by atoms with E-state index in [2.05, 4.69) is 28.2 Å². The quantitative estimate of drug-likeness (QED) is 0.891. The summed E-state index contributed by atoms with van der Waals surface area (Å²) in [5.74, 6) is 0.248. The van der Waals surface area contributed by atoms with E-state index in [0.717, 1.165) is 45.7 Å². The molecule has 128 valence electrons. The molecule has 2 aliphatic rings. The lowest BCUT2D eigenvalue weighted by atomic mass is 10.1. The van der Waals surface area contributed by atoms with Crippen LogP contribution in [-0.2, 0) is 17.8 Å². The van der Waals surface area contributed by atoms with E-state index >= 15 is 0 Å². The van der Waals surface area contributed by atoms with Gasteiger partial charge in [0.05, 0.1) is 12.6 Å². The Hall–Kier alpha value is -0.950. The summed E-state index contributed by atoms with van der Waals surface area (Å²) in [6, 6.07) is 2.50. The van der Waals surface area contributed by atoms with Crippen molar-refractivity contribution in [3.8, 4) is 0 Å². The normalized spacial score (nSPS) is 24.5. The number of carbonyl (C=O) groups excluding carboxylic acids is 1. The number of hydrogen-bond donors (Lipinski definition) is 1. The Morgan fingerprint density at radius 3 is 3.00 bits per heavy atom. The first-order valence-corrected chi connectivity index (χ1v) is 9.38. The molecule has 1 aromatic rings. The van der Waals surface area contributed by atoms with Crippen LogP contribution in [0.15, 0.2) is 11.4 Å². The van der Waals surface area contributed by atoms with Crippen LogP contribution in [0.1, 0.15) is 24.3 Å². The van der Waals surface area contributed by atoms with Crippen molar-refractivity contribution in [1.29, 1.82) is 0 Å². The Labute approximate surface area is 142 Å². The second kappa shape index (κ2) is 7.30. The highest BCUT2D eigenvalue weighted by Gasteiger charge is 2.28. The minimum atomic E-state index is -0.288. The predicted molar refractivity (Wildman–Crippen MR) is 92.6 cm³/mol. The van der Waals surface area contributed by atoms with E-state index in [1.165, 1.54) is 10.4 Å². The van der Waals surface area contributed by atoms with Gasteiger partial charge in [-0.15, -0.1) is 11.3 Å². The Bertz CT molecular complexity index is 546. The van der Waals surface area contributed by atoms with Crippen LogP contribution in [0.5, 0.6) is 0 Å². The van der Waals surface area contributed by atoms with Gasteiger partial charge in [-0.3, -0.25) is 14.6 Å². The molecule has 1 fully saturated rings. The molecule has 23 heavy (non-hydrogen) atoms. The molecule has 5 nitrogen and oxygen atoms in total. The van der Waals surface area contributed by atoms with Crippen molar-refractivity contribution < 1.29 is 9.90 Å². The molecular formula is C17H27N3O2S. The van der Waals surface area contributed by atoms with Gasteiger partial charge in [0.15, 0.2) is 0 Å². The number of β-amino-alcohol motifs (C(OH)–C–C–N with tert-alkyl or cyclic N) is 1. The number of nitrogens with zero attached hydrogens (tertiary/aromatic N) is 3. The molecule has 0 radical (unpaired) electrons. The summed E-state index contributed by atoms with van der Waals surface area (Å²) >= 11 is 1.81. The van der Waals surface area contributed by atoms with Crippen molar-refractivity contribution in [3.05, 3.63) is 21.9 Å². The van der Waals surface area contributed by atoms with Crippen molar-refractivity contribution in [3.63, 3.8) is 0 Å². The Morgan fingerprint density at radius 2 is 2.26 bits per heavy atom. The molecule has 0 bridgehead atoms. The molecule has 1 aromatic heterocycles. The maximum absolute atomic E-state index is 12.6. The molecule has 0 aliphatic carbocycles. The molecular weight excluding hydrogens is 310 g/mol. The van der Waals surface area contributed by atoms with Gasteiger partial charge in [-0.2, -0.15) is 0 Å². The maximum atomic E-state index is 12.6. The first-order chi connectivity index (χ1) is 11.0. The average molecular weight is 337 g/mol. The van der Waals surface area contributed by atoms with E-state index in [0.29, 0.717) is 12.6 Å². The number of piperazine rings is 1. The Morgan fingerprint density at radius 1 is 1.43 bits per heavy atom. The van der Waals surface area contributed by atoms with Crippen molar-refractivity contribution in [1.82, 2.24) is 14.7 Å². The number of aliphatic hydroxyl groups is 1. The Kier molecular flexibility index (Phi) is 5.36. The van der Waals surface area contributed by atoms with Gasteiger partial charge in [-0.25, -0.2) is 0 Å². The highest BCUT2D eigenvalue weighted by Crippen LogP contribution is 2.24. The van der Waals surface area contributed by atoms with Gasteiger partial charge in [-0.05, 0) is 37.3 Å². The molecule has 0 spiro atoms. The summed E-state index contributed by atoms with van der Waals surface area (Å²) in [5, 5.41) is 11.6. The van der Waals surface area contributed by atoms with Crippen LogP contribution in [0.3, 0.4) is 0 Å². The van der Waals surface area contributed by atoms with Gasteiger partial charge in [0.25, 0.3) is 0 Å². The van der Waals surface area contributed by atoms with Crippen LogP contribution in [0, 0.1) is 0 Å². The number of thiophene rings is 1. The minimum absolute atomic E-state index is 0.248. The van der Waals surface area contributed by atoms with Gasteiger partial charge >= 0.3 is 0 Å². The second-order valence-electron chi connectivity index (χ2n) is 6.86. The van der Waals surface area contributed by atoms with Gasteiger partial charge in [0.2, 0.25) is 5.91 Å².